The first-order valence-electron chi connectivity index (χ1n) is 9.47. The lowest BCUT2D eigenvalue weighted by molar-refractivity contribution is 0.374. The Balaban J connectivity index is 1.36. The number of benzene rings is 2. The molecule has 0 aliphatic heterocycles. The Morgan fingerprint density at radius 1 is 0.857 bits per heavy atom. The van der Waals surface area contributed by atoms with Crippen LogP contribution < -0.4 is 5.32 Å². The van der Waals surface area contributed by atoms with Crippen molar-refractivity contribution in [3.05, 3.63) is 102 Å². The van der Waals surface area contributed by atoms with Crippen molar-refractivity contribution >= 4 is 0 Å². The molecule has 1 atom stereocenters. The van der Waals surface area contributed by atoms with Gasteiger partial charge in [-0.1, -0.05) is 71.9 Å². The second-order valence-corrected chi connectivity index (χ2v) is 6.53. The van der Waals surface area contributed by atoms with Crippen molar-refractivity contribution in [3.63, 3.8) is 0 Å². The first kappa shape index (κ1) is 18.1. The fourth-order valence-corrected chi connectivity index (χ4v) is 3.13. The maximum atomic E-state index is 5.39. The number of aryl methyl sites for hydroxylation is 1. The third-order valence-electron chi connectivity index (χ3n) is 4.53. The van der Waals surface area contributed by atoms with Crippen LogP contribution in [-0.2, 0) is 6.42 Å². The van der Waals surface area contributed by atoms with Crippen LogP contribution >= 0.6 is 0 Å². The van der Waals surface area contributed by atoms with Gasteiger partial charge < -0.3 is 9.84 Å². The molecule has 0 aliphatic carbocycles. The van der Waals surface area contributed by atoms with E-state index in [0.29, 0.717) is 11.7 Å². The summed E-state index contributed by atoms with van der Waals surface area (Å²) in [6, 6.07) is 26.3. The summed E-state index contributed by atoms with van der Waals surface area (Å²) < 4.78 is 5.39. The number of hydrogen-bond acceptors (Lipinski definition) is 5. The smallest absolute Gasteiger partial charge is 0.227 e. The molecule has 28 heavy (non-hydrogen) atoms. The van der Waals surface area contributed by atoms with Crippen LogP contribution in [0.3, 0.4) is 0 Å². The molecule has 0 fully saturated rings. The van der Waals surface area contributed by atoms with Gasteiger partial charge in [0.1, 0.15) is 0 Å². The van der Waals surface area contributed by atoms with E-state index >= 15 is 0 Å². The number of hydrogen-bond donors (Lipinski definition) is 1. The predicted molar refractivity (Wildman–Crippen MR) is 109 cm³/mol. The zero-order valence-corrected chi connectivity index (χ0v) is 15.5. The monoisotopic (exact) mass is 370 g/mol. The summed E-state index contributed by atoms with van der Waals surface area (Å²) in [7, 11) is 0. The molecule has 0 spiro atoms. The van der Waals surface area contributed by atoms with Gasteiger partial charge in [-0.25, -0.2) is 0 Å². The number of nitrogens with zero attached hydrogens (tertiary/aromatic N) is 3. The van der Waals surface area contributed by atoms with Crippen molar-refractivity contribution in [2.45, 2.75) is 18.9 Å². The zero-order chi connectivity index (χ0) is 19.0. The molecule has 2 aromatic heterocycles. The van der Waals surface area contributed by atoms with Gasteiger partial charge in [0.2, 0.25) is 11.7 Å². The Morgan fingerprint density at radius 2 is 1.61 bits per heavy atom. The molecule has 0 amide bonds. The highest BCUT2D eigenvalue weighted by atomic mass is 16.5. The maximum Gasteiger partial charge on any atom is 0.227 e. The highest BCUT2D eigenvalue weighted by Crippen LogP contribution is 2.20. The minimum absolute atomic E-state index is 0.0602. The van der Waals surface area contributed by atoms with E-state index in [9.17, 15) is 0 Å². The molecule has 5 nitrogen and oxygen atoms in total. The van der Waals surface area contributed by atoms with Crippen LogP contribution in [-0.4, -0.2) is 21.7 Å². The van der Waals surface area contributed by atoms with Crippen LogP contribution in [0.5, 0.6) is 0 Å². The van der Waals surface area contributed by atoms with Crippen LogP contribution in [0.1, 0.15) is 29.6 Å². The molecule has 4 aromatic rings. The second-order valence-electron chi connectivity index (χ2n) is 6.53. The molecule has 0 radical (unpaired) electrons. The minimum atomic E-state index is 0.0602. The average molecular weight is 370 g/mol. The summed E-state index contributed by atoms with van der Waals surface area (Å²) >= 11 is 0. The topological polar surface area (TPSA) is 63.8 Å². The lowest BCUT2D eigenvalue weighted by Crippen LogP contribution is -2.24. The quantitative estimate of drug-likeness (QED) is 0.465. The van der Waals surface area contributed by atoms with Crippen molar-refractivity contribution in [1.82, 2.24) is 20.4 Å². The fraction of sp³-hybridized carbons (Fsp3) is 0.174. The van der Waals surface area contributed by atoms with Crippen molar-refractivity contribution in [2.24, 2.45) is 0 Å². The third kappa shape index (κ3) is 4.50. The molecule has 0 saturated carbocycles. The van der Waals surface area contributed by atoms with Gasteiger partial charge in [0.15, 0.2) is 0 Å². The average Bonchev–Trinajstić information content (AvgIpc) is 3.25. The molecule has 1 N–H and O–H groups in total. The van der Waals surface area contributed by atoms with Gasteiger partial charge in [0.05, 0.1) is 11.7 Å². The van der Waals surface area contributed by atoms with E-state index in [4.69, 9.17) is 4.52 Å². The predicted octanol–water partition coefficient (Wildman–Crippen LogP) is 4.44. The summed E-state index contributed by atoms with van der Waals surface area (Å²) in [5.74, 6) is 1.30. The van der Waals surface area contributed by atoms with Gasteiger partial charge in [-0.05, 0) is 30.7 Å². The van der Waals surface area contributed by atoms with Crippen molar-refractivity contribution in [2.75, 3.05) is 6.54 Å². The van der Waals surface area contributed by atoms with Crippen LogP contribution in [0.15, 0.2) is 89.6 Å². The Hall–Kier alpha value is -3.31. The van der Waals surface area contributed by atoms with E-state index in [2.05, 4.69) is 50.8 Å². The molecule has 2 aromatic carbocycles. The lowest BCUT2D eigenvalue weighted by atomic mass is 10.0. The minimum Gasteiger partial charge on any atom is -0.339 e. The molecule has 0 saturated heterocycles. The third-order valence-corrected chi connectivity index (χ3v) is 4.53. The Labute approximate surface area is 164 Å². The Kier molecular flexibility index (Phi) is 5.85. The first-order chi connectivity index (χ1) is 13.9. The van der Waals surface area contributed by atoms with Crippen LogP contribution in [0.25, 0.3) is 11.4 Å². The van der Waals surface area contributed by atoms with Gasteiger partial charge in [0, 0.05) is 18.2 Å². The highest BCUT2D eigenvalue weighted by Gasteiger charge is 2.14. The summed E-state index contributed by atoms with van der Waals surface area (Å²) in [5, 5.41) is 7.69. The van der Waals surface area contributed by atoms with Crippen molar-refractivity contribution in [1.29, 1.82) is 0 Å². The van der Waals surface area contributed by atoms with Gasteiger partial charge in [0.25, 0.3) is 0 Å². The van der Waals surface area contributed by atoms with Crippen LogP contribution in [0.4, 0.5) is 0 Å². The maximum absolute atomic E-state index is 5.39. The normalized spacial score (nSPS) is 12.0. The summed E-state index contributed by atoms with van der Waals surface area (Å²) in [4.78, 5) is 9.02. The number of nitrogens with one attached hydrogen (secondary N) is 1. The Bertz CT molecular complexity index is 932. The molecular formula is C23H22N4O. The van der Waals surface area contributed by atoms with Crippen molar-refractivity contribution < 1.29 is 4.52 Å². The molecular weight excluding hydrogens is 348 g/mol. The van der Waals surface area contributed by atoms with Crippen LogP contribution in [0, 0.1) is 0 Å². The fourth-order valence-electron chi connectivity index (χ4n) is 3.13. The first-order valence-corrected chi connectivity index (χ1v) is 9.47. The van der Waals surface area contributed by atoms with E-state index in [-0.39, 0.29) is 6.04 Å². The van der Waals surface area contributed by atoms with Gasteiger partial charge in [-0.2, -0.15) is 4.98 Å². The zero-order valence-electron chi connectivity index (χ0n) is 15.5. The summed E-state index contributed by atoms with van der Waals surface area (Å²) in [6.45, 7) is 0.819. The number of pyridine rings is 1. The summed E-state index contributed by atoms with van der Waals surface area (Å²) in [5.41, 5.74) is 3.18. The number of aromatic nitrogens is 3. The molecule has 4 rings (SSSR count). The van der Waals surface area contributed by atoms with Gasteiger partial charge in [-0.3, -0.25) is 4.98 Å². The van der Waals surface area contributed by atoms with E-state index < -0.39 is 0 Å². The number of rotatable bonds is 8. The standard InChI is InChI=1S/C23H22N4O/c1-3-10-18(11-4-1)22(20-14-7-8-16-24-20)25-17-9-15-21-26-23(27-28-21)19-12-5-2-6-13-19/h1-8,10-14,16,22,25H,9,15,17H2. The van der Waals surface area contributed by atoms with E-state index in [1.54, 1.807) is 0 Å². The summed E-state index contributed by atoms with van der Waals surface area (Å²) in [6.07, 6.45) is 3.46. The molecule has 2 heterocycles. The van der Waals surface area contributed by atoms with E-state index in [1.165, 1.54) is 5.56 Å². The molecule has 0 aliphatic rings. The van der Waals surface area contributed by atoms with Gasteiger partial charge in [-0.15, -0.1) is 0 Å². The van der Waals surface area contributed by atoms with E-state index in [0.717, 1.165) is 30.6 Å². The van der Waals surface area contributed by atoms with Crippen LogP contribution in [0.2, 0.25) is 0 Å². The van der Waals surface area contributed by atoms with Crippen molar-refractivity contribution in [3.8, 4) is 11.4 Å². The molecule has 140 valence electrons. The highest BCUT2D eigenvalue weighted by molar-refractivity contribution is 5.53. The Morgan fingerprint density at radius 3 is 2.36 bits per heavy atom. The molecule has 1 unspecified atom stereocenters. The molecule has 5 heteroatoms. The molecule has 0 bridgehead atoms. The lowest BCUT2D eigenvalue weighted by Gasteiger charge is -2.18. The van der Waals surface area contributed by atoms with E-state index in [1.807, 2.05) is 54.7 Å². The SMILES string of the molecule is c1ccc(-c2noc(CCCNC(c3ccccc3)c3ccccn3)n2)cc1. The van der Waals surface area contributed by atoms with Gasteiger partial charge >= 0.3 is 0 Å². The second kappa shape index (κ2) is 9.06. The largest absolute Gasteiger partial charge is 0.339 e.